The zero-order valence-corrected chi connectivity index (χ0v) is 14.9. The maximum absolute atomic E-state index is 13.2. The predicted molar refractivity (Wildman–Crippen MR) is 93.0 cm³/mol. The largest absolute Gasteiger partial charge is 0.352 e. The molecule has 0 aromatic heterocycles. The van der Waals surface area contributed by atoms with Crippen LogP contribution in [0, 0.1) is 5.82 Å². The maximum atomic E-state index is 13.2. The summed E-state index contributed by atoms with van der Waals surface area (Å²) in [4.78, 5) is 37.1. The van der Waals surface area contributed by atoms with Gasteiger partial charge in [0.2, 0.25) is 0 Å². The van der Waals surface area contributed by atoms with Gasteiger partial charge in [0.1, 0.15) is 5.82 Å². The number of rotatable bonds is 4. The highest BCUT2D eigenvalue weighted by Crippen LogP contribution is 2.22. The number of benzene rings is 2. The van der Waals surface area contributed by atoms with Crippen molar-refractivity contribution in [1.82, 2.24) is 10.2 Å². The fourth-order valence-corrected chi connectivity index (χ4v) is 3.05. The van der Waals surface area contributed by atoms with Gasteiger partial charge in [-0.25, -0.2) is 4.39 Å². The van der Waals surface area contributed by atoms with Crippen molar-refractivity contribution in [3.05, 3.63) is 68.9 Å². The third kappa shape index (κ3) is 3.32. The van der Waals surface area contributed by atoms with E-state index in [2.05, 4.69) is 21.2 Å². The molecule has 1 aliphatic heterocycles. The van der Waals surface area contributed by atoms with Crippen LogP contribution in [0.25, 0.3) is 0 Å². The van der Waals surface area contributed by atoms with E-state index < -0.39 is 5.91 Å². The summed E-state index contributed by atoms with van der Waals surface area (Å²) in [6, 6.07) is 9.13. The molecule has 1 N–H and O–H groups in total. The number of halogens is 2. The lowest BCUT2D eigenvalue weighted by molar-refractivity contribution is 0.0693. The van der Waals surface area contributed by atoms with Gasteiger partial charge in [0.25, 0.3) is 17.7 Å². The van der Waals surface area contributed by atoms with Gasteiger partial charge in [-0.1, -0.05) is 6.07 Å². The average molecular weight is 405 g/mol. The van der Waals surface area contributed by atoms with Gasteiger partial charge >= 0.3 is 0 Å². The molecule has 25 heavy (non-hydrogen) atoms. The van der Waals surface area contributed by atoms with Gasteiger partial charge in [-0.15, -0.1) is 0 Å². The van der Waals surface area contributed by atoms with Gasteiger partial charge in [-0.3, -0.25) is 19.3 Å². The van der Waals surface area contributed by atoms with Crippen LogP contribution >= 0.6 is 15.9 Å². The van der Waals surface area contributed by atoms with Crippen molar-refractivity contribution in [3.8, 4) is 0 Å². The van der Waals surface area contributed by atoms with Crippen molar-refractivity contribution in [2.24, 2.45) is 0 Å². The van der Waals surface area contributed by atoms with Crippen LogP contribution in [0.4, 0.5) is 4.39 Å². The molecule has 128 valence electrons. The molecule has 0 radical (unpaired) electrons. The average Bonchev–Trinajstić information content (AvgIpc) is 2.82. The molecule has 0 aliphatic carbocycles. The number of hydrogen-bond donors (Lipinski definition) is 1. The Bertz CT molecular complexity index is 898. The molecule has 3 amide bonds. The normalized spacial score (nSPS) is 13.2. The van der Waals surface area contributed by atoms with E-state index in [0.29, 0.717) is 28.6 Å². The van der Waals surface area contributed by atoms with Crippen molar-refractivity contribution in [3.63, 3.8) is 0 Å². The van der Waals surface area contributed by atoms with Crippen LogP contribution in [-0.4, -0.2) is 36.2 Å². The molecular weight excluding hydrogens is 391 g/mol. The molecule has 7 heteroatoms. The van der Waals surface area contributed by atoms with Crippen molar-refractivity contribution < 1.29 is 18.8 Å². The van der Waals surface area contributed by atoms with Gasteiger partial charge in [0, 0.05) is 19.2 Å². The van der Waals surface area contributed by atoms with Gasteiger partial charge in [-0.05, 0) is 58.2 Å². The van der Waals surface area contributed by atoms with Crippen LogP contribution in [0.2, 0.25) is 0 Å². The summed E-state index contributed by atoms with van der Waals surface area (Å²) in [5.74, 6) is -1.45. The molecule has 1 heterocycles. The number of carbonyl (C=O) groups is 3. The van der Waals surface area contributed by atoms with Gasteiger partial charge in [0.15, 0.2) is 0 Å². The molecule has 1 aliphatic rings. The molecular formula is C18H14BrFN2O3. The Hall–Kier alpha value is -2.54. The van der Waals surface area contributed by atoms with Crippen molar-refractivity contribution in [2.45, 2.75) is 6.42 Å². The molecule has 0 unspecified atom stereocenters. The molecule has 2 aromatic carbocycles. The summed E-state index contributed by atoms with van der Waals surface area (Å²) in [7, 11) is 1.41. The Morgan fingerprint density at radius 1 is 1.12 bits per heavy atom. The number of imide groups is 1. The van der Waals surface area contributed by atoms with E-state index in [1.54, 1.807) is 12.1 Å². The van der Waals surface area contributed by atoms with E-state index in [-0.39, 0.29) is 23.2 Å². The van der Waals surface area contributed by atoms with Crippen LogP contribution in [-0.2, 0) is 6.42 Å². The van der Waals surface area contributed by atoms with Gasteiger partial charge < -0.3 is 5.32 Å². The van der Waals surface area contributed by atoms with Gasteiger partial charge in [0.05, 0.1) is 15.6 Å². The zero-order valence-electron chi connectivity index (χ0n) is 13.3. The first kappa shape index (κ1) is 17.3. The highest BCUT2D eigenvalue weighted by molar-refractivity contribution is 9.10. The fraction of sp³-hybridized carbons (Fsp3) is 0.167. The van der Waals surface area contributed by atoms with Crippen LogP contribution in [0.3, 0.4) is 0 Å². The lowest BCUT2D eigenvalue weighted by Crippen LogP contribution is -2.26. The molecule has 0 atom stereocenters. The van der Waals surface area contributed by atoms with Crippen LogP contribution in [0.5, 0.6) is 0 Å². The first-order chi connectivity index (χ1) is 11.9. The van der Waals surface area contributed by atoms with Crippen molar-refractivity contribution >= 4 is 33.7 Å². The Balaban J connectivity index is 1.65. The molecule has 2 aromatic rings. The third-order valence-electron chi connectivity index (χ3n) is 4.04. The maximum Gasteiger partial charge on any atom is 0.261 e. The van der Waals surface area contributed by atoms with E-state index >= 15 is 0 Å². The van der Waals surface area contributed by atoms with Crippen LogP contribution in [0.15, 0.2) is 40.9 Å². The summed E-state index contributed by atoms with van der Waals surface area (Å²) >= 11 is 3.12. The smallest absolute Gasteiger partial charge is 0.261 e. The number of carbonyl (C=O) groups excluding carboxylic acids is 3. The first-order valence-corrected chi connectivity index (χ1v) is 8.36. The minimum Gasteiger partial charge on any atom is -0.352 e. The number of fused-ring (bicyclic) bond motifs is 1. The summed E-state index contributed by atoms with van der Waals surface area (Å²) < 4.78 is 13.6. The predicted octanol–water partition coefficient (Wildman–Crippen LogP) is 2.79. The molecule has 3 rings (SSSR count). The monoisotopic (exact) mass is 404 g/mol. The Labute approximate surface area is 151 Å². The third-order valence-corrected chi connectivity index (χ3v) is 4.64. The second-order valence-corrected chi connectivity index (χ2v) is 6.54. The van der Waals surface area contributed by atoms with Gasteiger partial charge in [-0.2, -0.15) is 0 Å². The van der Waals surface area contributed by atoms with Crippen molar-refractivity contribution in [1.29, 1.82) is 0 Å². The number of amides is 3. The topological polar surface area (TPSA) is 66.5 Å². The zero-order chi connectivity index (χ0) is 18.1. The Morgan fingerprint density at radius 3 is 2.56 bits per heavy atom. The SMILES string of the molecule is CN1C(=O)c2ccc(C(=O)NCCc3ccc(F)c(Br)c3)cc2C1=O. The lowest BCUT2D eigenvalue weighted by atomic mass is 10.1. The summed E-state index contributed by atoms with van der Waals surface area (Å²) in [6.07, 6.45) is 0.537. The molecule has 0 bridgehead atoms. The first-order valence-electron chi connectivity index (χ1n) is 7.57. The quantitative estimate of drug-likeness (QED) is 0.796. The van der Waals surface area contributed by atoms with E-state index in [0.717, 1.165) is 10.5 Å². The highest BCUT2D eigenvalue weighted by atomic mass is 79.9. The standard InChI is InChI=1S/C18H14BrFN2O3/c1-22-17(24)12-4-3-11(9-13(12)18(22)25)16(23)21-7-6-10-2-5-15(20)14(19)8-10/h2-5,8-9H,6-7H2,1H3,(H,21,23). The van der Waals surface area contributed by atoms with Crippen LogP contribution in [0.1, 0.15) is 36.6 Å². The number of nitrogens with one attached hydrogen (secondary N) is 1. The highest BCUT2D eigenvalue weighted by Gasteiger charge is 2.33. The molecule has 0 saturated carbocycles. The minimum absolute atomic E-state index is 0.239. The summed E-state index contributed by atoms with van der Waals surface area (Å²) in [6.45, 7) is 0.362. The molecule has 0 spiro atoms. The van der Waals surface area contributed by atoms with Crippen molar-refractivity contribution in [2.75, 3.05) is 13.6 Å². The summed E-state index contributed by atoms with van der Waals surface area (Å²) in [5, 5.41) is 2.75. The second-order valence-electron chi connectivity index (χ2n) is 5.68. The molecule has 0 fully saturated rings. The van der Waals surface area contributed by atoms with E-state index in [1.165, 1.54) is 31.3 Å². The Kier molecular flexibility index (Phi) is 4.67. The van der Waals surface area contributed by atoms with E-state index in [1.807, 2.05) is 0 Å². The lowest BCUT2D eigenvalue weighted by Gasteiger charge is -2.07. The van der Waals surface area contributed by atoms with E-state index in [4.69, 9.17) is 0 Å². The fourth-order valence-electron chi connectivity index (χ4n) is 2.62. The number of nitrogens with zero attached hydrogens (tertiary/aromatic N) is 1. The van der Waals surface area contributed by atoms with E-state index in [9.17, 15) is 18.8 Å². The minimum atomic E-state index is -0.411. The summed E-state index contributed by atoms with van der Waals surface area (Å²) in [5.41, 5.74) is 1.74. The number of hydrogen-bond acceptors (Lipinski definition) is 3. The molecule has 0 saturated heterocycles. The Morgan fingerprint density at radius 2 is 1.84 bits per heavy atom. The van der Waals surface area contributed by atoms with Crippen LogP contribution < -0.4 is 5.32 Å². The molecule has 5 nitrogen and oxygen atoms in total. The second kappa shape index (κ2) is 6.76.